The third-order valence-corrected chi connectivity index (χ3v) is 4.97. The van der Waals surface area contributed by atoms with Crippen LogP contribution in [-0.4, -0.2) is 62.1 Å². The topological polar surface area (TPSA) is 32.8 Å². The Morgan fingerprint density at radius 3 is 2.83 bits per heavy atom. The van der Waals surface area contributed by atoms with E-state index < -0.39 is 0 Å². The van der Waals surface area contributed by atoms with Crippen LogP contribution in [-0.2, 0) is 16.0 Å². The normalized spacial score (nSPS) is 17.7. The summed E-state index contributed by atoms with van der Waals surface area (Å²) in [6.07, 6.45) is 3.33. The maximum Gasteiger partial charge on any atom is 0.222 e. The van der Waals surface area contributed by atoms with Gasteiger partial charge in [-0.25, -0.2) is 0 Å². The molecule has 1 aliphatic rings. The molecule has 0 saturated carbocycles. The van der Waals surface area contributed by atoms with E-state index in [-0.39, 0.29) is 12.0 Å². The number of carbonyl (C=O) groups excluding carboxylic acids is 1. The minimum Gasteiger partial charge on any atom is -0.375 e. The summed E-state index contributed by atoms with van der Waals surface area (Å²) >= 11 is 11.9. The first-order valence-corrected chi connectivity index (χ1v) is 9.19. The van der Waals surface area contributed by atoms with Crippen molar-refractivity contribution < 1.29 is 9.53 Å². The fraction of sp³-hybridized carbons (Fsp3) is 0.611. The van der Waals surface area contributed by atoms with Gasteiger partial charge in [0.15, 0.2) is 0 Å². The number of halogens is 2. The van der Waals surface area contributed by atoms with Crippen LogP contribution in [0.4, 0.5) is 0 Å². The number of rotatable bonds is 8. The smallest absolute Gasteiger partial charge is 0.222 e. The highest BCUT2D eigenvalue weighted by Crippen LogP contribution is 2.23. The van der Waals surface area contributed by atoms with Gasteiger partial charge in [-0.15, -0.1) is 0 Å². The third kappa shape index (κ3) is 6.25. The summed E-state index contributed by atoms with van der Waals surface area (Å²) in [7, 11) is 4.06. The molecule has 0 unspecified atom stereocenters. The van der Waals surface area contributed by atoms with Gasteiger partial charge >= 0.3 is 0 Å². The Balaban J connectivity index is 1.66. The van der Waals surface area contributed by atoms with E-state index in [1.165, 1.54) is 0 Å². The van der Waals surface area contributed by atoms with Crippen molar-refractivity contribution in [3.8, 4) is 0 Å². The van der Waals surface area contributed by atoms with Crippen molar-refractivity contribution in [1.29, 1.82) is 0 Å². The molecule has 0 aliphatic carbocycles. The van der Waals surface area contributed by atoms with Crippen molar-refractivity contribution in [3.05, 3.63) is 33.8 Å². The van der Waals surface area contributed by atoms with Crippen LogP contribution in [0.3, 0.4) is 0 Å². The van der Waals surface area contributed by atoms with E-state index >= 15 is 0 Å². The lowest BCUT2D eigenvalue weighted by Gasteiger charge is -2.17. The van der Waals surface area contributed by atoms with E-state index in [1.54, 1.807) is 6.07 Å². The van der Waals surface area contributed by atoms with Crippen molar-refractivity contribution in [1.82, 2.24) is 9.80 Å². The average Bonchev–Trinajstić information content (AvgIpc) is 2.99. The molecule has 0 radical (unpaired) electrons. The Labute approximate surface area is 154 Å². The van der Waals surface area contributed by atoms with Gasteiger partial charge in [0, 0.05) is 26.1 Å². The molecule has 1 aromatic rings. The van der Waals surface area contributed by atoms with Crippen molar-refractivity contribution in [2.75, 3.05) is 40.3 Å². The number of hydrogen-bond donors (Lipinski definition) is 0. The van der Waals surface area contributed by atoms with E-state index in [2.05, 4.69) is 4.90 Å². The zero-order valence-electron chi connectivity index (χ0n) is 14.4. The lowest BCUT2D eigenvalue weighted by Crippen LogP contribution is -2.30. The first-order chi connectivity index (χ1) is 11.5. The maximum absolute atomic E-state index is 12.3. The summed E-state index contributed by atoms with van der Waals surface area (Å²) in [4.78, 5) is 16.3. The Kier molecular flexibility index (Phi) is 7.82. The molecule has 1 fully saturated rings. The van der Waals surface area contributed by atoms with Crippen molar-refractivity contribution >= 4 is 29.1 Å². The van der Waals surface area contributed by atoms with E-state index in [0.717, 1.165) is 51.1 Å². The summed E-state index contributed by atoms with van der Waals surface area (Å²) in [6.45, 7) is 3.16. The predicted molar refractivity (Wildman–Crippen MR) is 98.9 cm³/mol. The number of amides is 1. The fourth-order valence-corrected chi connectivity index (χ4v) is 3.11. The van der Waals surface area contributed by atoms with Crippen molar-refractivity contribution in [3.63, 3.8) is 0 Å². The molecule has 134 valence electrons. The van der Waals surface area contributed by atoms with Gasteiger partial charge in [-0.05, 0) is 51.1 Å². The van der Waals surface area contributed by atoms with Gasteiger partial charge in [-0.2, -0.15) is 0 Å². The van der Waals surface area contributed by atoms with Gasteiger partial charge in [0.2, 0.25) is 5.91 Å². The average molecular weight is 373 g/mol. The zero-order chi connectivity index (χ0) is 17.5. The number of benzene rings is 1. The summed E-state index contributed by atoms with van der Waals surface area (Å²) in [6, 6.07) is 5.64. The van der Waals surface area contributed by atoms with E-state index in [0.29, 0.717) is 16.5 Å². The first-order valence-electron chi connectivity index (χ1n) is 8.43. The molecule has 0 spiro atoms. The number of likely N-dealkylation sites (N-methyl/N-ethyl adjacent to an activating group) is 1. The monoisotopic (exact) mass is 372 g/mol. The van der Waals surface area contributed by atoms with Gasteiger partial charge < -0.3 is 14.5 Å². The third-order valence-electron chi connectivity index (χ3n) is 4.23. The summed E-state index contributed by atoms with van der Waals surface area (Å²) in [5.74, 6) is 0.216. The summed E-state index contributed by atoms with van der Waals surface area (Å²) in [5, 5.41) is 1.13. The zero-order valence-corrected chi connectivity index (χ0v) is 15.9. The van der Waals surface area contributed by atoms with Crippen LogP contribution < -0.4 is 0 Å². The van der Waals surface area contributed by atoms with Crippen molar-refractivity contribution in [2.24, 2.45) is 0 Å². The van der Waals surface area contributed by atoms with Gasteiger partial charge in [-0.1, -0.05) is 29.3 Å². The molecule has 1 atom stereocenters. The van der Waals surface area contributed by atoms with Crippen LogP contribution in [0.1, 0.15) is 24.8 Å². The predicted octanol–water partition coefficient (Wildman–Crippen LogP) is 3.50. The number of carbonyl (C=O) groups is 1. The molecule has 1 saturated heterocycles. The van der Waals surface area contributed by atoms with Crippen LogP contribution in [0, 0.1) is 0 Å². The minimum absolute atomic E-state index is 0.184. The van der Waals surface area contributed by atoms with Gasteiger partial charge in [0.1, 0.15) is 0 Å². The van der Waals surface area contributed by atoms with Crippen LogP contribution in [0.15, 0.2) is 18.2 Å². The molecule has 1 heterocycles. The molecule has 0 aromatic heterocycles. The molecular weight excluding hydrogens is 347 g/mol. The van der Waals surface area contributed by atoms with E-state index in [4.69, 9.17) is 27.9 Å². The Bertz CT molecular complexity index is 552. The number of ether oxygens (including phenoxy) is 1. The lowest BCUT2D eigenvalue weighted by molar-refractivity contribution is -0.130. The maximum atomic E-state index is 12.3. The Morgan fingerprint density at radius 2 is 2.12 bits per heavy atom. The largest absolute Gasteiger partial charge is 0.375 e. The first kappa shape index (κ1) is 19.5. The van der Waals surface area contributed by atoms with Crippen molar-refractivity contribution in [2.45, 2.75) is 31.8 Å². The highest BCUT2D eigenvalue weighted by molar-refractivity contribution is 6.42. The highest BCUT2D eigenvalue weighted by Gasteiger charge is 2.26. The van der Waals surface area contributed by atoms with E-state index in [1.807, 2.05) is 31.1 Å². The molecule has 0 N–H and O–H groups in total. The van der Waals surface area contributed by atoms with Gasteiger partial charge in [0.05, 0.1) is 22.8 Å². The molecule has 2 rings (SSSR count). The standard InChI is InChI=1S/C18H26Cl2N2O2/c1-21(2)10-11-24-15-8-9-22(13-15)18(23)5-3-4-14-6-7-16(19)17(20)12-14/h6-7,12,15H,3-5,8-11,13H2,1-2H3/t15-/m1/s1. The number of nitrogens with zero attached hydrogens (tertiary/aromatic N) is 2. The Hall–Kier alpha value is -0.810. The molecule has 1 aliphatic heterocycles. The molecule has 6 heteroatoms. The quantitative estimate of drug-likeness (QED) is 0.699. The van der Waals surface area contributed by atoms with Crippen LogP contribution >= 0.6 is 23.2 Å². The SMILES string of the molecule is CN(C)CCO[C@@H]1CCN(C(=O)CCCc2ccc(Cl)c(Cl)c2)C1. The molecule has 0 bridgehead atoms. The minimum atomic E-state index is 0.184. The second kappa shape index (κ2) is 9.62. The van der Waals surface area contributed by atoms with Gasteiger partial charge in [-0.3, -0.25) is 4.79 Å². The number of hydrogen-bond acceptors (Lipinski definition) is 3. The lowest BCUT2D eigenvalue weighted by atomic mass is 10.1. The van der Waals surface area contributed by atoms with Crippen LogP contribution in [0.25, 0.3) is 0 Å². The van der Waals surface area contributed by atoms with Crippen LogP contribution in [0.5, 0.6) is 0 Å². The van der Waals surface area contributed by atoms with Gasteiger partial charge in [0.25, 0.3) is 0 Å². The molecule has 4 nitrogen and oxygen atoms in total. The van der Waals surface area contributed by atoms with E-state index in [9.17, 15) is 4.79 Å². The second-order valence-electron chi connectivity index (χ2n) is 6.53. The number of likely N-dealkylation sites (tertiary alicyclic amines) is 1. The summed E-state index contributed by atoms with van der Waals surface area (Å²) in [5.41, 5.74) is 1.11. The molecule has 1 amide bonds. The van der Waals surface area contributed by atoms with Crippen LogP contribution in [0.2, 0.25) is 10.0 Å². The summed E-state index contributed by atoms with van der Waals surface area (Å²) < 4.78 is 5.83. The Morgan fingerprint density at radius 1 is 1.33 bits per heavy atom. The molecule has 1 aromatic carbocycles. The molecular formula is C18H26Cl2N2O2. The number of aryl methyl sites for hydroxylation is 1. The highest BCUT2D eigenvalue weighted by atomic mass is 35.5. The fourth-order valence-electron chi connectivity index (χ4n) is 2.79. The molecule has 24 heavy (non-hydrogen) atoms. The second-order valence-corrected chi connectivity index (χ2v) is 7.34.